The van der Waals surface area contributed by atoms with Gasteiger partial charge >= 0.3 is 5.97 Å². The Kier molecular flexibility index (Phi) is 15.5. The molecular weight excluding hydrogens is 981 g/mol. The first kappa shape index (κ1) is 51.7. The van der Waals surface area contributed by atoms with E-state index < -0.39 is 23.0 Å². The van der Waals surface area contributed by atoms with Crippen molar-refractivity contribution in [3.63, 3.8) is 0 Å². The Morgan fingerprint density at radius 3 is 1.89 bits per heavy atom. The number of fused-ring (bicyclic) bond motifs is 6. The molecule has 0 saturated heterocycles. The molecule has 1 spiro atoms. The normalized spacial score (nSPS) is 13.1. The van der Waals surface area contributed by atoms with E-state index in [2.05, 4.69) is 16.0 Å². The van der Waals surface area contributed by atoms with Gasteiger partial charge in [0.2, 0.25) is 5.91 Å². The molecule has 3 N–H and O–H groups in total. The summed E-state index contributed by atoms with van der Waals surface area (Å²) in [5.41, 5.74) is 4.42. The molecule has 3 heterocycles. The predicted molar refractivity (Wildman–Crippen MR) is 280 cm³/mol. The van der Waals surface area contributed by atoms with Gasteiger partial charge in [-0.15, -0.1) is 0 Å². The number of carbonyl (C=O) groups excluding carboxylic acids is 4. The summed E-state index contributed by atoms with van der Waals surface area (Å²) >= 11 is 19.0. The van der Waals surface area contributed by atoms with Gasteiger partial charge in [0.15, 0.2) is 11.3 Å². The summed E-state index contributed by atoms with van der Waals surface area (Å²) in [6, 6.07) is 28.7. The van der Waals surface area contributed by atoms with Gasteiger partial charge in [0.05, 0.1) is 48.4 Å². The van der Waals surface area contributed by atoms with E-state index in [0.717, 1.165) is 16.9 Å². The topological polar surface area (TPSA) is 166 Å². The maximum atomic E-state index is 14.1. The summed E-state index contributed by atoms with van der Waals surface area (Å²) in [4.78, 5) is 58.9. The maximum Gasteiger partial charge on any atom is 0.340 e. The molecule has 0 fully saturated rings. The number of anilines is 2. The average Bonchev–Trinajstić information content (AvgIpc) is 3.86. The van der Waals surface area contributed by atoms with Crippen LogP contribution in [0.3, 0.4) is 0 Å². The van der Waals surface area contributed by atoms with Gasteiger partial charge in [0.1, 0.15) is 17.0 Å². The summed E-state index contributed by atoms with van der Waals surface area (Å²) in [7, 11) is 7.76. The van der Waals surface area contributed by atoms with Crippen molar-refractivity contribution in [3.8, 4) is 28.4 Å². The molecule has 15 nitrogen and oxygen atoms in total. The fourth-order valence-corrected chi connectivity index (χ4v) is 9.64. The van der Waals surface area contributed by atoms with Crippen LogP contribution in [0.5, 0.6) is 11.5 Å². The zero-order valence-electron chi connectivity index (χ0n) is 41.1. The molecule has 0 aliphatic carbocycles. The molecule has 3 amide bonds. The zero-order chi connectivity index (χ0) is 51.5. The summed E-state index contributed by atoms with van der Waals surface area (Å²) in [5.74, 6) is -0.624. The number of aromatic nitrogens is 2. The fraction of sp³-hybridized carbons (Fsp3) is 0.315. The van der Waals surface area contributed by atoms with E-state index in [-0.39, 0.29) is 57.0 Å². The van der Waals surface area contributed by atoms with Crippen LogP contribution in [0.4, 0.5) is 11.4 Å². The molecule has 0 unspecified atom stereocenters. The monoisotopic (exact) mass is 1040 g/mol. The number of hydrogen-bond acceptors (Lipinski definition) is 11. The van der Waals surface area contributed by atoms with Crippen molar-refractivity contribution in [3.05, 3.63) is 151 Å². The third-order valence-corrected chi connectivity index (χ3v) is 13.9. The first-order valence-corrected chi connectivity index (χ1v) is 24.7. The van der Waals surface area contributed by atoms with Gasteiger partial charge in [-0.3, -0.25) is 14.4 Å². The number of esters is 1. The Hall–Kier alpha value is -6.62. The summed E-state index contributed by atoms with van der Waals surface area (Å²) in [6.45, 7) is 6.75. The largest absolute Gasteiger partial charge is 0.456 e. The lowest BCUT2D eigenvalue weighted by Crippen LogP contribution is -2.58. The molecule has 6 aromatic rings. The van der Waals surface area contributed by atoms with Gasteiger partial charge in [0.25, 0.3) is 11.8 Å². The minimum absolute atomic E-state index is 0.128. The molecule has 1 aromatic heterocycles. The third-order valence-electron chi connectivity index (χ3n) is 13.1. The lowest BCUT2D eigenvalue weighted by molar-refractivity contribution is -0.128. The van der Waals surface area contributed by atoms with Gasteiger partial charge in [-0.1, -0.05) is 60.8 Å². The van der Waals surface area contributed by atoms with Gasteiger partial charge in [-0.05, 0) is 92.6 Å². The van der Waals surface area contributed by atoms with Gasteiger partial charge in [-0.2, -0.15) is 5.10 Å². The highest BCUT2D eigenvalue weighted by Crippen LogP contribution is 2.57. The van der Waals surface area contributed by atoms with Crippen molar-refractivity contribution in [2.24, 2.45) is 0 Å². The van der Waals surface area contributed by atoms with Crippen LogP contribution >= 0.6 is 34.8 Å². The molecule has 0 atom stereocenters. The van der Waals surface area contributed by atoms with Gasteiger partial charge in [-0.25, -0.2) is 9.48 Å². The third kappa shape index (κ3) is 10.1. The van der Waals surface area contributed by atoms with Crippen LogP contribution in [0.15, 0.2) is 97.1 Å². The Morgan fingerprint density at radius 2 is 1.31 bits per heavy atom. The predicted octanol–water partition coefficient (Wildman–Crippen LogP) is 9.38. The van der Waals surface area contributed by atoms with Crippen molar-refractivity contribution in [2.75, 3.05) is 77.5 Å². The van der Waals surface area contributed by atoms with Crippen molar-refractivity contribution < 1.29 is 38.1 Å². The quantitative estimate of drug-likeness (QED) is 0.0523. The molecule has 2 aliphatic rings. The number of nitrogens with one attached hydrogen (secondary N) is 3. The van der Waals surface area contributed by atoms with Crippen molar-refractivity contribution in [2.45, 2.75) is 44.8 Å². The van der Waals surface area contributed by atoms with E-state index in [4.69, 9.17) is 58.8 Å². The minimum Gasteiger partial charge on any atom is -0.456 e. The fourth-order valence-electron chi connectivity index (χ4n) is 9.03. The lowest BCUT2D eigenvalue weighted by Gasteiger charge is -2.37. The molecule has 376 valence electrons. The van der Waals surface area contributed by atoms with Crippen LogP contribution in [-0.4, -0.2) is 107 Å². The molecule has 5 aromatic carbocycles. The van der Waals surface area contributed by atoms with Crippen LogP contribution in [0.1, 0.15) is 80.1 Å². The smallest absolute Gasteiger partial charge is 0.340 e. The second-order valence-electron chi connectivity index (χ2n) is 17.9. The maximum absolute atomic E-state index is 14.1. The number of amides is 3. The molecule has 2 aliphatic heterocycles. The molecular formula is C54H56Cl3N7O8. The lowest BCUT2D eigenvalue weighted by atomic mass is 9.77. The first-order chi connectivity index (χ1) is 34.5. The van der Waals surface area contributed by atoms with Crippen LogP contribution in [0.2, 0.25) is 15.1 Å². The second kappa shape index (κ2) is 21.6. The highest BCUT2D eigenvalue weighted by atomic mass is 35.5. The number of ether oxygens (including phenoxy) is 4. The number of nitrogens with zero attached hydrogens (tertiary/aromatic N) is 4. The molecule has 0 bridgehead atoms. The van der Waals surface area contributed by atoms with E-state index in [1.54, 1.807) is 60.1 Å². The molecule has 8 rings (SSSR count). The number of rotatable bonds is 19. The van der Waals surface area contributed by atoms with Crippen molar-refractivity contribution >= 4 is 69.9 Å². The zero-order valence-corrected chi connectivity index (χ0v) is 43.4. The van der Waals surface area contributed by atoms with E-state index >= 15 is 0 Å². The van der Waals surface area contributed by atoms with E-state index in [0.29, 0.717) is 84.2 Å². The summed E-state index contributed by atoms with van der Waals surface area (Å²) in [6.07, 6.45) is 0.629. The molecule has 0 radical (unpaired) electrons. The standard InChI is InChI=1S/C54H56Cl3N7O8/c1-8-53(9-2,60-50(66)47-32(3)48(33-10-13-35(55)14-11-33)64(61-47)44-21-15-36(56)29-43(44)57)52(68)59-23-25-70-27-26-69-24-22-58-49(65)34-12-18-39-42(28-34)54(72-51(39)67)40-19-16-37(62(4)5)30-45(40)71-46-31-38(63(6)7)17-20-41(46)54/h10-21,28-31H,8-9,22-27H2,1-7H3,(H,58,65)(H,59,68)(H,60,66). The minimum atomic E-state index is -1.34. The van der Waals surface area contributed by atoms with E-state index in [1.807, 2.05) is 100 Å². The van der Waals surface area contributed by atoms with Crippen LogP contribution < -0.4 is 30.5 Å². The van der Waals surface area contributed by atoms with E-state index in [1.165, 1.54) is 0 Å². The Balaban J connectivity index is 0.833. The number of benzene rings is 5. The van der Waals surface area contributed by atoms with Crippen LogP contribution in [-0.2, 0) is 24.6 Å². The van der Waals surface area contributed by atoms with Crippen LogP contribution in [0, 0.1) is 6.92 Å². The molecule has 72 heavy (non-hydrogen) atoms. The highest BCUT2D eigenvalue weighted by Gasteiger charge is 2.54. The van der Waals surface area contributed by atoms with Crippen LogP contribution in [0.25, 0.3) is 16.9 Å². The van der Waals surface area contributed by atoms with Gasteiger partial charge in [0, 0.05) is 108 Å². The average molecular weight is 1040 g/mol. The van der Waals surface area contributed by atoms with E-state index in [9.17, 15) is 19.2 Å². The summed E-state index contributed by atoms with van der Waals surface area (Å²) < 4.78 is 25.9. The Morgan fingerprint density at radius 1 is 0.708 bits per heavy atom. The Bertz CT molecular complexity index is 2990. The van der Waals surface area contributed by atoms with Crippen molar-refractivity contribution in [1.29, 1.82) is 0 Å². The Labute approximate surface area is 433 Å². The number of carbonyl (C=O) groups is 4. The highest BCUT2D eigenvalue weighted by molar-refractivity contribution is 6.35. The van der Waals surface area contributed by atoms with Crippen molar-refractivity contribution in [1.82, 2.24) is 25.7 Å². The second-order valence-corrected chi connectivity index (χ2v) is 19.2. The van der Waals surface area contributed by atoms with Gasteiger partial charge < -0.3 is 44.7 Å². The number of hydrogen-bond donors (Lipinski definition) is 3. The number of halogens is 3. The first-order valence-electron chi connectivity index (χ1n) is 23.6. The molecule has 0 saturated carbocycles. The molecule has 18 heteroatoms. The SMILES string of the molecule is CCC(CC)(NC(=O)c1nn(-c2ccc(Cl)cc2Cl)c(-c2ccc(Cl)cc2)c1C)C(=O)NCCOCCOCCNC(=O)c1ccc2c(c1)C1(OC2=O)c2ccc(N(C)C)cc2Oc2cc(N(C)C)ccc21. The summed E-state index contributed by atoms with van der Waals surface area (Å²) in [5, 5.41) is 14.9.